The molecule has 0 saturated heterocycles. The fourth-order valence-electron chi connectivity index (χ4n) is 2.33. The Morgan fingerprint density at radius 1 is 1.31 bits per heavy atom. The van der Waals surface area contributed by atoms with Gasteiger partial charge < -0.3 is 5.32 Å². The van der Waals surface area contributed by atoms with Crippen molar-refractivity contribution in [2.45, 2.75) is 38.6 Å². The lowest BCUT2D eigenvalue weighted by Crippen LogP contribution is -2.25. The summed E-state index contributed by atoms with van der Waals surface area (Å²) in [7, 11) is 0. The second-order valence-electron chi connectivity index (χ2n) is 5.14. The van der Waals surface area contributed by atoms with E-state index in [0.29, 0.717) is 6.04 Å². The van der Waals surface area contributed by atoms with Crippen molar-refractivity contribution in [1.82, 2.24) is 4.98 Å². The van der Waals surface area contributed by atoms with E-state index in [1.54, 1.807) is 0 Å². The first kappa shape index (κ1) is 10.6. The number of anilines is 1. The lowest BCUT2D eigenvalue weighted by atomic mass is 10.1. The number of aryl methyl sites for hydroxylation is 1. The highest BCUT2D eigenvalue weighted by molar-refractivity contribution is 9.10. The molecule has 2 saturated carbocycles. The van der Waals surface area contributed by atoms with Gasteiger partial charge in [0.1, 0.15) is 5.82 Å². The van der Waals surface area contributed by atoms with E-state index in [1.165, 1.54) is 31.2 Å². The van der Waals surface area contributed by atoms with E-state index in [9.17, 15) is 0 Å². The lowest BCUT2D eigenvalue weighted by molar-refractivity contribution is 0.565. The Kier molecular flexibility index (Phi) is 2.66. The van der Waals surface area contributed by atoms with Crippen LogP contribution in [-0.4, -0.2) is 11.0 Å². The van der Waals surface area contributed by atoms with Crippen molar-refractivity contribution >= 4 is 21.7 Å². The molecular weight excluding hydrogens is 264 g/mol. The summed E-state index contributed by atoms with van der Waals surface area (Å²) in [6.45, 7) is 2.11. The zero-order valence-electron chi connectivity index (χ0n) is 9.54. The van der Waals surface area contributed by atoms with Gasteiger partial charge in [0, 0.05) is 12.2 Å². The van der Waals surface area contributed by atoms with Crippen LogP contribution >= 0.6 is 15.9 Å². The van der Waals surface area contributed by atoms with Crippen LogP contribution in [0.3, 0.4) is 0 Å². The first-order valence-corrected chi connectivity index (χ1v) is 6.92. The second-order valence-corrected chi connectivity index (χ2v) is 5.93. The maximum Gasteiger partial charge on any atom is 0.140 e. The Hall–Kier alpha value is -0.570. The van der Waals surface area contributed by atoms with E-state index in [2.05, 4.69) is 33.2 Å². The molecule has 0 bridgehead atoms. The highest BCUT2D eigenvalue weighted by Gasteiger charge is 2.41. The van der Waals surface area contributed by atoms with Gasteiger partial charge >= 0.3 is 0 Å². The molecule has 0 aromatic carbocycles. The summed E-state index contributed by atoms with van der Waals surface area (Å²) in [5.41, 5.74) is 1.25. The zero-order valence-corrected chi connectivity index (χ0v) is 11.1. The Bertz CT molecular complexity index is 385. The minimum Gasteiger partial charge on any atom is -0.366 e. The molecule has 86 valence electrons. The molecule has 0 amide bonds. The summed E-state index contributed by atoms with van der Waals surface area (Å²) in [6.07, 6.45) is 7.49. The molecule has 0 aliphatic heterocycles. The molecule has 0 atom stereocenters. The number of hydrogen-bond donors (Lipinski definition) is 1. The van der Waals surface area contributed by atoms with Crippen LogP contribution in [0.2, 0.25) is 0 Å². The van der Waals surface area contributed by atoms with Crippen LogP contribution in [0, 0.1) is 18.8 Å². The summed E-state index contributed by atoms with van der Waals surface area (Å²) in [4.78, 5) is 4.44. The van der Waals surface area contributed by atoms with Crippen molar-refractivity contribution < 1.29 is 0 Å². The third-order valence-corrected chi connectivity index (χ3v) is 4.65. The fraction of sp³-hybridized carbons (Fsp3) is 0.615. The van der Waals surface area contributed by atoms with E-state index in [-0.39, 0.29) is 0 Å². The van der Waals surface area contributed by atoms with E-state index in [1.807, 2.05) is 12.3 Å². The molecule has 1 aromatic heterocycles. The summed E-state index contributed by atoms with van der Waals surface area (Å²) < 4.78 is 1.13. The number of aromatic nitrogens is 1. The number of hydrogen-bond acceptors (Lipinski definition) is 2. The molecule has 2 aliphatic carbocycles. The van der Waals surface area contributed by atoms with Crippen molar-refractivity contribution in [1.29, 1.82) is 0 Å². The first-order valence-electron chi connectivity index (χ1n) is 6.13. The summed E-state index contributed by atoms with van der Waals surface area (Å²) in [6, 6.07) is 2.71. The molecule has 0 spiro atoms. The normalized spacial score (nSPS) is 20.2. The van der Waals surface area contributed by atoms with Crippen LogP contribution in [0.1, 0.15) is 31.2 Å². The van der Waals surface area contributed by atoms with E-state index in [0.717, 1.165) is 22.1 Å². The van der Waals surface area contributed by atoms with Gasteiger partial charge in [0.2, 0.25) is 0 Å². The molecule has 0 radical (unpaired) electrons. The van der Waals surface area contributed by atoms with Gasteiger partial charge in [0.05, 0.1) is 4.47 Å². The van der Waals surface area contributed by atoms with Crippen LogP contribution in [-0.2, 0) is 0 Å². The molecule has 3 rings (SSSR count). The summed E-state index contributed by atoms with van der Waals surface area (Å²) in [5, 5.41) is 3.65. The van der Waals surface area contributed by atoms with Gasteiger partial charge in [0.25, 0.3) is 0 Å². The topological polar surface area (TPSA) is 24.9 Å². The first-order chi connectivity index (χ1) is 7.75. The van der Waals surface area contributed by atoms with Gasteiger partial charge in [0.15, 0.2) is 0 Å². The van der Waals surface area contributed by atoms with Gasteiger partial charge in [-0.05, 0) is 72.0 Å². The molecule has 2 fully saturated rings. The highest BCUT2D eigenvalue weighted by atomic mass is 79.9. The summed E-state index contributed by atoms with van der Waals surface area (Å²) >= 11 is 3.62. The second kappa shape index (κ2) is 4.02. The smallest absolute Gasteiger partial charge is 0.140 e. The van der Waals surface area contributed by atoms with Gasteiger partial charge in [-0.15, -0.1) is 0 Å². The van der Waals surface area contributed by atoms with Gasteiger partial charge in [-0.25, -0.2) is 4.98 Å². The predicted molar refractivity (Wildman–Crippen MR) is 69.5 cm³/mol. The molecular formula is C13H17BrN2. The van der Waals surface area contributed by atoms with Gasteiger partial charge in [-0.1, -0.05) is 0 Å². The van der Waals surface area contributed by atoms with Crippen LogP contribution < -0.4 is 5.32 Å². The van der Waals surface area contributed by atoms with Crippen molar-refractivity contribution in [3.63, 3.8) is 0 Å². The van der Waals surface area contributed by atoms with Gasteiger partial charge in [-0.2, -0.15) is 0 Å². The van der Waals surface area contributed by atoms with Crippen molar-refractivity contribution in [3.05, 3.63) is 22.3 Å². The molecule has 3 heteroatoms. The maximum atomic E-state index is 4.44. The van der Waals surface area contributed by atoms with E-state index < -0.39 is 0 Å². The third kappa shape index (κ3) is 2.10. The van der Waals surface area contributed by atoms with Crippen LogP contribution in [0.15, 0.2) is 16.7 Å². The standard InChI is InChI=1S/C13H17BrN2/c1-8-6-7-15-13(11(8)14)16-12(9-2-3-9)10-4-5-10/h6-7,9-10,12H,2-5H2,1H3,(H,15,16). The number of nitrogens with zero attached hydrogens (tertiary/aromatic N) is 1. The van der Waals surface area contributed by atoms with Gasteiger partial charge in [-0.3, -0.25) is 0 Å². The number of rotatable bonds is 4. The van der Waals surface area contributed by atoms with Crippen LogP contribution in [0.4, 0.5) is 5.82 Å². The number of pyridine rings is 1. The fourth-order valence-corrected chi connectivity index (χ4v) is 2.68. The predicted octanol–water partition coefficient (Wildman–Crippen LogP) is 3.75. The minimum absolute atomic E-state index is 0.672. The molecule has 0 unspecified atom stereocenters. The van der Waals surface area contributed by atoms with E-state index in [4.69, 9.17) is 0 Å². The average Bonchev–Trinajstić information content (AvgIpc) is 3.15. The quantitative estimate of drug-likeness (QED) is 0.909. The maximum absolute atomic E-state index is 4.44. The zero-order chi connectivity index (χ0) is 11.1. The molecule has 2 nitrogen and oxygen atoms in total. The molecule has 2 aliphatic rings. The largest absolute Gasteiger partial charge is 0.366 e. The lowest BCUT2D eigenvalue weighted by Gasteiger charge is -2.19. The Morgan fingerprint density at radius 3 is 2.50 bits per heavy atom. The van der Waals surface area contributed by atoms with Crippen LogP contribution in [0.5, 0.6) is 0 Å². The number of nitrogens with one attached hydrogen (secondary N) is 1. The van der Waals surface area contributed by atoms with Crippen LogP contribution in [0.25, 0.3) is 0 Å². The highest BCUT2D eigenvalue weighted by Crippen LogP contribution is 2.46. The average molecular weight is 281 g/mol. The SMILES string of the molecule is Cc1ccnc(NC(C2CC2)C2CC2)c1Br. The molecule has 16 heavy (non-hydrogen) atoms. The Labute approximate surface area is 105 Å². The minimum atomic E-state index is 0.672. The number of halogens is 1. The van der Waals surface area contributed by atoms with E-state index >= 15 is 0 Å². The monoisotopic (exact) mass is 280 g/mol. The van der Waals surface area contributed by atoms with Crippen molar-refractivity contribution in [2.24, 2.45) is 11.8 Å². The van der Waals surface area contributed by atoms with Crippen molar-refractivity contribution in [2.75, 3.05) is 5.32 Å². The third-order valence-electron chi connectivity index (χ3n) is 3.65. The summed E-state index contributed by atoms with van der Waals surface area (Å²) in [5.74, 6) is 2.84. The molecule has 1 N–H and O–H groups in total. The molecule has 1 heterocycles. The van der Waals surface area contributed by atoms with Crippen molar-refractivity contribution in [3.8, 4) is 0 Å². The Balaban J connectivity index is 1.78. The molecule has 1 aromatic rings. The Morgan fingerprint density at radius 2 is 1.94 bits per heavy atom.